The van der Waals surface area contributed by atoms with Gasteiger partial charge in [0.05, 0.1) is 12.6 Å². The number of alkyl halides is 4. The molecule has 0 bridgehead atoms. The molecule has 0 spiro atoms. The first kappa shape index (κ1) is 13.4. The van der Waals surface area contributed by atoms with Gasteiger partial charge in [-0.15, -0.1) is 0 Å². The number of hydrogen-bond acceptors (Lipinski definition) is 1. The summed E-state index contributed by atoms with van der Waals surface area (Å²) in [7, 11) is 0. The van der Waals surface area contributed by atoms with Gasteiger partial charge in [-0.25, -0.2) is 8.78 Å². The molecule has 1 atom stereocenters. The van der Waals surface area contributed by atoms with Crippen molar-refractivity contribution in [3.63, 3.8) is 0 Å². The van der Waals surface area contributed by atoms with Crippen molar-refractivity contribution >= 4 is 0 Å². The lowest BCUT2D eigenvalue weighted by Gasteiger charge is -2.23. The summed E-state index contributed by atoms with van der Waals surface area (Å²) in [5, 5.41) is 9.76. The zero-order valence-electron chi connectivity index (χ0n) is 9.97. The van der Waals surface area contributed by atoms with Gasteiger partial charge in [-0.1, -0.05) is 0 Å². The summed E-state index contributed by atoms with van der Waals surface area (Å²) in [6, 6.07) is 1.61. The van der Waals surface area contributed by atoms with Crippen molar-refractivity contribution in [1.29, 1.82) is 0 Å². The predicted molar refractivity (Wildman–Crippen MR) is 58.0 cm³/mol. The molecule has 1 unspecified atom stereocenters. The number of rotatable bonds is 3. The molecule has 6 heteroatoms. The summed E-state index contributed by atoms with van der Waals surface area (Å²) in [5.41, 5.74) is 1.65. The number of hydrogen-bond donors (Lipinski definition) is 1. The van der Waals surface area contributed by atoms with E-state index in [0.717, 1.165) is 0 Å². The van der Waals surface area contributed by atoms with Crippen LogP contribution in [0.25, 0.3) is 0 Å². The molecule has 0 radical (unpaired) electrons. The third-order valence-corrected chi connectivity index (χ3v) is 3.39. The minimum Gasteiger partial charge on any atom is -0.388 e. The third-order valence-electron chi connectivity index (χ3n) is 3.39. The predicted octanol–water partition coefficient (Wildman–Crippen LogP) is 3.07. The molecule has 0 saturated carbocycles. The maximum atomic E-state index is 13.1. The maximum absolute atomic E-state index is 13.1. The average molecular weight is 265 g/mol. The van der Waals surface area contributed by atoms with E-state index < -0.39 is 25.0 Å². The van der Waals surface area contributed by atoms with E-state index in [0.29, 0.717) is 36.2 Å². The number of aromatic nitrogens is 1. The largest absolute Gasteiger partial charge is 0.388 e. The molecule has 1 aliphatic carbocycles. The fraction of sp³-hybridized carbons (Fsp3) is 0.667. The quantitative estimate of drug-likeness (QED) is 0.835. The van der Waals surface area contributed by atoms with Gasteiger partial charge in [0.15, 0.2) is 0 Å². The second kappa shape index (κ2) is 4.57. The van der Waals surface area contributed by atoms with E-state index in [2.05, 4.69) is 0 Å². The molecule has 1 N–H and O–H groups in total. The lowest BCUT2D eigenvalue weighted by atomic mass is 9.95. The Labute approximate surface area is 102 Å². The molecular weight excluding hydrogens is 250 g/mol. The van der Waals surface area contributed by atoms with Crippen LogP contribution in [0.3, 0.4) is 0 Å². The Hall–Kier alpha value is -1.04. The van der Waals surface area contributed by atoms with Gasteiger partial charge in [0.25, 0.3) is 0 Å². The molecule has 18 heavy (non-hydrogen) atoms. The minimum absolute atomic E-state index is 0.487. The first-order valence-corrected chi connectivity index (χ1v) is 5.86. The van der Waals surface area contributed by atoms with Crippen molar-refractivity contribution < 1.29 is 22.7 Å². The minimum atomic E-state index is -4.04. The van der Waals surface area contributed by atoms with E-state index in [1.807, 2.05) is 0 Å². The molecule has 1 heterocycles. The van der Waals surface area contributed by atoms with Crippen molar-refractivity contribution in [2.24, 2.45) is 0 Å². The van der Waals surface area contributed by atoms with Crippen LogP contribution in [0.15, 0.2) is 6.07 Å². The lowest BCUT2D eigenvalue weighted by molar-refractivity contribution is -0.138. The summed E-state index contributed by atoms with van der Waals surface area (Å²) in [4.78, 5) is 0. The molecule has 1 aromatic rings. The molecule has 2 rings (SSSR count). The normalized spacial score (nSPS) is 20.3. The lowest BCUT2D eigenvalue weighted by Crippen LogP contribution is -2.33. The summed E-state index contributed by atoms with van der Waals surface area (Å²) >= 11 is 0. The number of nitrogens with zero attached hydrogens (tertiary/aromatic N) is 1. The molecule has 0 amide bonds. The highest BCUT2D eigenvalue weighted by Gasteiger charge is 2.42. The van der Waals surface area contributed by atoms with Gasteiger partial charge in [-0.3, -0.25) is 0 Å². The Balaban J connectivity index is 2.34. The molecular formula is C12H15F4NO. The molecule has 0 aromatic carbocycles. The van der Waals surface area contributed by atoms with Crippen molar-refractivity contribution in [3.8, 4) is 0 Å². The first-order valence-electron chi connectivity index (χ1n) is 5.86. The zero-order valence-corrected chi connectivity index (χ0v) is 9.97. The Morgan fingerprint density at radius 3 is 2.78 bits per heavy atom. The van der Waals surface area contributed by atoms with Gasteiger partial charge < -0.3 is 9.67 Å². The van der Waals surface area contributed by atoms with E-state index in [1.54, 1.807) is 13.0 Å². The SMILES string of the molecule is Cc1cc2c(n1CC(F)(F)C(F)F)CCCC2O. The Morgan fingerprint density at radius 1 is 1.50 bits per heavy atom. The highest BCUT2D eigenvalue weighted by molar-refractivity contribution is 5.32. The standard InChI is InChI=1S/C12H15F4NO/c1-7-5-8-9(3-2-4-10(8)18)17(7)6-12(15,16)11(13)14/h5,10-11,18H,2-4,6H2,1H3. The van der Waals surface area contributed by atoms with Gasteiger partial charge in [0, 0.05) is 17.0 Å². The Kier molecular flexibility index (Phi) is 3.40. The van der Waals surface area contributed by atoms with E-state index in [1.165, 1.54) is 4.57 Å². The number of aryl methyl sites for hydroxylation is 1. The van der Waals surface area contributed by atoms with E-state index in [4.69, 9.17) is 0 Å². The summed E-state index contributed by atoms with van der Waals surface area (Å²) in [6.07, 6.45) is -2.55. The third kappa shape index (κ3) is 2.25. The average Bonchev–Trinajstić information content (AvgIpc) is 2.57. The molecule has 1 aromatic heterocycles. The maximum Gasteiger partial charge on any atom is 0.324 e. The molecule has 102 valence electrons. The van der Waals surface area contributed by atoms with Crippen molar-refractivity contribution in [2.75, 3.05) is 0 Å². The summed E-state index contributed by atoms with van der Waals surface area (Å²) in [6.45, 7) is 0.561. The van der Waals surface area contributed by atoms with Crippen LogP contribution >= 0.6 is 0 Å². The van der Waals surface area contributed by atoms with Crippen LogP contribution in [0.2, 0.25) is 0 Å². The fourth-order valence-corrected chi connectivity index (χ4v) is 2.44. The van der Waals surface area contributed by atoms with Crippen molar-refractivity contribution in [3.05, 3.63) is 23.0 Å². The van der Waals surface area contributed by atoms with E-state index in [-0.39, 0.29) is 0 Å². The summed E-state index contributed by atoms with van der Waals surface area (Å²) in [5.74, 6) is -4.04. The number of aliphatic hydroxyl groups is 1. The number of aliphatic hydroxyl groups excluding tert-OH is 1. The van der Waals surface area contributed by atoms with Gasteiger partial charge in [-0.2, -0.15) is 8.78 Å². The van der Waals surface area contributed by atoms with Crippen molar-refractivity contribution in [2.45, 2.75) is 51.2 Å². The van der Waals surface area contributed by atoms with E-state index in [9.17, 15) is 22.7 Å². The van der Waals surface area contributed by atoms with Crippen LogP contribution in [0.5, 0.6) is 0 Å². The smallest absolute Gasteiger partial charge is 0.324 e. The Morgan fingerprint density at radius 2 is 2.17 bits per heavy atom. The number of halogens is 4. The fourth-order valence-electron chi connectivity index (χ4n) is 2.44. The van der Waals surface area contributed by atoms with Crippen LogP contribution in [-0.2, 0) is 13.0 Å². The first-order chi connectivity index (χ1) is 8.33. The van der Waals surface area contributed by atoms with Gasteiger partial charge in [-0.05, 0) is 32.3 Å². The molecule has 2 nitrogen and oxygen atoms in total. The monoisotopic (exact) mass is 265 g/mol. The number of fused-ring (bicyclic) bond motifs is 1. The molecule has 0 saturated heterocycles. The molecule has 0 fully saturated rings. The van der Waals surface area contributed by atoms with Crippen LogP contribution < -0.4 is 0 Å². The Bertz CT molecular complexity index is 442. The van der Waals surface area contributed by atoms with Gasteiger partial charge in [0.2, 0.25) is 0 Å². The summed E-state index contributed by atoms with van der Waals surface area (Å²) < 4.78 is 51.9. The topological polar surface area (TPSA) is 25.2 Å². The van der Waals surface area contributed by atoms with Crippen LogP contribution in [-0.4, -0.2) is 22.0 Å². The van der Waals surface area contributed by atoms with Crippen LogP contribution in [0.4, 0.5) is 17.6 Å². The zero-order chi connectivity index (χ0) is 13.5. The second-order valence-electron chi connectivity index (χ2n) is 4.74. The molecule has 0 aliphatic heterocycles. The highest BCUT2D eigenvalue weighted by atomic mass is 19.3. The van der Waals surface area contributed by atoms with E-state index >= 15 is 0 Å². The van der Waals surface area contributed by atoms with Gasteiger partial charge >= 0.3 is 12.3 Å². The second-order valence-corrected chi connectivity index (χ2v) is 4.74. The van der Waals surface area contributed by atoms with Crippen LogP contribution in [0, 0.1) is 6.92 Å². The van der Waals surface area contributed by atoms with Crippen LogP contribution in [0.1, 0.15) is 35.9 Å². The van der Waals surface area contributed by atoms with Crippen molar-refractivity contribution in [1.82, 2.24) is 4.57 Å². The highest BCUT2D eigenvalue weighted by Crippen LogP contribution is 2.34. The molecule has 1 aliphatic rings. The van der Waals surface area contributed by atoms with Gasteiger partial charge in [0.1, 0.15) is 0 Å².